The van der Waals surface area contributed by atoms with Crippen LogP contribution in [0.4, 0.5) is 10.5 Å². The molecule has 0 radical (unpaired) electrons. The number of anilines is 1. The van der Waals surface area contributed by atoms with Crippen LogP contribution in [0.25, 0.3) is 0 Å². The lowest BCUT2D eigenvalue weighted by Gasteiger charge is -2.37. The molecule has 0 bridgehead atoms. The first kappa shape index (κ1) is 19.3. The number of phenolic OH excluding ortho intramolecular Hbond substituents is 1. The van der Waals surface area contributed by atoms with Gasteiger partial charge in [0.25, 0.3) is 0 Å². The molecular formula is C16H18Cl2N2O5S. The first-order chi connectivity index (χ1) is 12.2. The van der Waals surface area contributed by atoms with E-state index < -0.39 is 31.3 Å². The number of hydrogen-bond donors (Lipinski definition) is 3. The van der Waals surface area contributed by atoms with Crippen LogP contribution in [0.5, 0.6) is 5.75 Å². The molecule has 1 fully saturated rings. The summed E-state index contributed by atoms with van der Waals surface area (Å²) in [5.41, 5.74) is -0.0626. The summed E-state index contributed by atoms with van der Waals surface area (Å²) in [5, 5.41) is 16.0. The maximum atomic E-state index is 12.9. The normalized spacial score (nSPS) is 21.7. The molecule has 2 aliphatic rings. The fourth-order valence-electron chi connectivity index (χ4n) is 2.82. The summed E-state index contributed by atoms with van der Waals surface area (Å²) in [7, 11) is -3.96. The monoisotopic (exact) mass is 420 g/mol. The number of rotatable bonds is 4. The van der Waals surface area contributed by atoms with Gasteiger partial charge in [-0.1, -0.05) is 29.3 Å². The first-order valence-corrected chi connectivity index (χ1v) is 10.2. The van der Waals surface area contributed by atoms with Crippen LogP contribution in [0.15, 0.2) is 28.1 Å². The van der Waals surface area contributed by atoms with Crippen molar-refractivity contribution in [2.24, 2.45) is 0 Å². The number of carbonyl (C=O) groups excluding carboxylic acids is 1. The maximum Gasteiger partial charge on any atom is 0.319 e. The fraction of sp³-hybridized carbons (Fsp3) is 0.438. The molecule has 1 atom stereocenters. The summed E-state index contributed by atoms with van der Waals surface area (Å²) >= 11 is 12.0. The molecule has 1 aromatic carbocycles. The van der Waals surface area contributed by atoms with E-state index in [2.05, 4.69) is 10.6 Å². The highest BCUT2D eigenvalue weighted by Crippen LogP contribution is 2.43. The Morgan fingerprint density at radius 2 is 2.04 bits per heavy atom. The topological polar surface area (TPSA) is 105 Å². The van der Waals surface area contributed by atoms with E-state index in [1.807, 2.05) is 6.08 Å². The van der Waals surface area contributed by atoms with Crippen LogP contribution in [-0.2, 0) is 14.6 Å². The van der Waals surface area contributed by atoms with E-state index in [4.69, 9.17) is 27.9 Å². The lowest BCUT2D eigenvalue weighted by molar-refractivity contribution is -0.00494. The molecule has 7 nitrogen and oxygen atoms in total. The molecule has 1 saturated heterocycles. The van der Waals surface area contributed by atoms with Crippen molar-refractivity contribution in [3.63, 3.8) is 0 Å². The predicted molar refractivity (Wildman–Crippen MR) is 98.6 cm³/mol. The summed E-state index contributed by atoms with van der Waals surface area (Å²) in [5.74, 6) is -0.603. The van der Waals surface area contributed by atoms with E-state index in [-0.39, 0.29) is 30.0 Å². The van der Waals surface area contributed by atoms with E-state index in [0.29, 0.717) is 11.5 Å². The minimum Gasteiger partial charge on any atom is -0.504 e. The molecule has 0 saturated carbocycles. The predicted octanol–water partition coefficient (Wildman–Crippen LogP) is 3.01. The van der Waals surface area contributed by atoms with E-state index >= 15 is 0 Å². The quantitative estimate of drug-likeness (QED) is 0.649. The molecule has 1 unspecified atom stereocenters. The number of ether oxygens (including phenoxy) is 1. The van der Waals surface area contributed by atoms with Crippen LogP contribution in [0, 0.1) is 0 Å². The van der Waals surface area contributed by atoms with Gasteiger partial charge in [-0.25, -0.2) is 13.2 Å². The van der Waals surface area contributed by atoms with Crippen molar-refractivity contribution >= 4 is 44.8 Å². The van der Waals surface area contributed by atoms with Gasteiger partial charge < -0.3 is 20.5 Å². The van der Waals surface area contributed by atoms with Crippen molar-refractivity contribution in [2.75, 3.05) is 18.5 Å². The van der Waals surface area contributed by atoms with Crippen molar-refractivity contribution in [1.82, 2.24) is 5.32 Å². The molecule has 3 N–H and O–H groups in total. The molecular weight excluding hydrogens is 403 g/mol. The molecule has 1 heterocycles. The second-order valence-electron chi connectivity index (χ2n) is 6.54. The zero-order valence-electron chi connectivity index (χ0n) is 13.9. The molecule has 142 valence electrons. The highest BCUT2D eigenvalue weighted by molar-refractivity contribution is 7.93. The van der Waals surface area contributed by atoms with Gasteiger partial charge in [-0.3, -0.25) is 0 Å². The van der Waals surface area contributed by atoms with Gasteiger partial charge in [0.2, 0.25) is 0 Å². The SMILES string of the molecule is CC1(S(=O)(=O)c2c(Cl)ccc(NC(=O)NC3CCC=C3Cl)c2O)COC1. The number of halogens is 2. The smallest absolute Gasteiger partial charge is 0.319 e. The summed E-state index contributed by atoms with van der Waals surface area (Å²) in [6.45, 7) is 1.54. The van der Waals surface area contributed by atoms with Gasteiger partial charge in [0.15, 0.2) is 15.6 Å². The van der Waals surface area contributed by atoms with Crippen LogP contribution in [0.2, 0.25) is 5.02 Å². The number of phenols is 1. The lowest BCUT2D eigenvalue weighted by Crippen LogP contribution is -2.53. The Kier molecular flexibility index (Phi) is 5.13. The van der Waals surface area contributed by atoms with Crippen LogP contribution < -0.4 is 10.6 Å². The number of allylic oxidation sites excluding steroid dienone is 1. The lowest BCUT2D eigenvalue weighted by atomic mass is 10.1. The number of urea groups is 1. The fourth-order valence-corrected chi connectivity index (χ4v) is 5.21. The van der Waals surface area contributed by atoms with Gasteiger partial charge in [-0.05, 0) is 31.9 Å². The Bertz CT molecular complexity index is 881. The minimum absolute atomic E-state index is 0.00968. The first-order valence-electron chi connectivity index (χ1n) is 7.92. The molecule has 26 heavy (non-hydrogen) atoms. The van der Waals surface area contributed by atoms with E-state index in [1.165, 1.54) is 19.1 Å². The molecule has 10 heteroatoms. The second kappa shape index (κ2) is 6.92. The van der Waals surface area contributed by atoms with Gasteiger partial charge >= 0.3 is 6.03 Å². The molecule has 1 aliphatic heterocycles. The minimum atomic E-state index is -3.96. The number of aromatic hydroxyl groups is 1. The van der Waals surface area contributed by atoms with E-state index in [0.717, 1.165) is 6.42 Å². The zero-order chi connectivity index (χ0) is 19.1. The largest absolute Gasteiger partial charge is 0.504 e. The standard InChI is InChI=1S/C16H18Cl2N2O5S/c1-16(7-25-8-16)26(23,24)14-10(18)5-6-12(13(14)21)20-15(22)19-11-4-2-3-9(11)17/h3,5-6,11,21H,2,4,7-8H2,1H3,(H2,19,20,22). The number of benzene rings is 1. The highest BCUT2D eigenvalue weighted by Gasteiger charge is 2.49. The van der Waals surface area contributed by atoms with E-state index in [9.17, 15) is 18.3 Å². The number of nitrogens with one attached hydrogen (secondary N) is 2. The van der Waals surface area contributed by atoms with Gasteiger partial charge in [0.05, 0.1) is 30.0 Å². The number of hydrogen-bond acceptors (Lipinski definition) is 5. The average Bonchev–Trinajstić information content (AvgIpc) is 2.92. The molecule has 1 aliphatic carbocycles. The van der Waals surface area contributed by atoms with Crippen molar-refractivity contribution in [3.8, 4) is 5.75 Å². The summed E-state index contributed by atoms with van der Waals surface area (Å²) in [4.78, 5) is 11.7. The van der Waals surface area contributed by atoms with Crippen LogP contribution in [-0.4, -0.2) is 43.6 Å². The van der Waals surface area contributed by atoms with Gasteiger partial charge in [-0.15, -0.1) is 0 Å². The summed E-state index contributed by atoms with van der Waals surface area (Å²) in [6, 6.07) is 1.74. The third-order valence-electron chi connectivity index (χ3n) is 4.50. The van der Waals surface area contributed by atoms with E-state index in [1.54, 1.807) is 0 Å². The summed E-state index contributed by atoms with van der Waals surface area (Å²) < 4.78 is 29.6. The third-order valence-corrected chi connectivity index (χ3v) is 7.83. The number of sulfone groups is 1. The van der Waals surface area contributed by atoms with Crippen molar-refractivity contribution in [3.05, 3.63) is 28.3 Å². The van der Waals surface area contributed by atoms with Crippen molar-refractivity contribution < 1.29 is 23.1 Å². The second-order valence-corrected chi connectivity index (χ2v) is 9.78. The van der Waals surface area contributed by atoms with Crippen LogP contribution in [0.3, 0.4) is 0 Å². The third kappa shape index (κ3) is 3.26. The average molecular weight is 421 g/mol. The molecule has 0 aromatic heterocycles. The Hall–Kier alpha value is -1.48. The van der Waals surface area contributed by atoms with Crippen LogP contribution >= 0.6 is 23.2 Å². The Morgan fingerprint density at radius 1 is 1.35 bits per heavy atom. The highest BCUT2D eigenvalue weighted by atomic mass is 35.5. The van der Waals surface area contributed by atoms with Crippen molar-refractivity contribution in [2.45, 2.75) is 35.4 Å². The molecule has 0 spiro atoms. The van der Waals surface area contributed by atoms with Gasteiger partial charge in [-0.2, -0.15) is 0 Å². The van der Waals surface area contributed by atoms with Gasteiger partial charge in [0, 0.05) is 5.03 Å². The molecule has 2 amide bonds. The van der Waals surface area contributed by atoms with Crippen molar-refractivity contribution in [1.29, 1.82) is 0 Å². The number of amides is 2. The molecule has 1 aromatic rings. The Labute approximate surface area is 161 Å². The zero-order valence-corrected chi connectivity index (χ0v) is 16.2. The Morgan fingerprint density at radius 3 is 2.58 bits per heavy atom. The summed E-state index contributed by atoms with van der Waals surface area (Å²) in [6.07, 6.45) is 3.26. The maximum absolute atomic E-state index is 12.9. The number of carbonyl (C=O) groups is 1. The Balaban J connectivity index is 1.86. The van der Waals surface area contributed by atoms with Crippen LogP contribution in [0.1, 0.15) is 19.8 Å². The molecule has 3 rings (SSSR count). The van der Waals surface area contributed by atoms with Gasteiger partial charge in [0.1, 0.15) is 9.64 Å².